The molecule has 0 aliphatic heterocycles. The average molecular weight is 407 g/mol. The number of amides is 1. The summed E-state index contributed by atoms with van der Waals surface area (Å²) in [5.41, 5.74) is 4.56. The Kier molecular flexibility index (Phi) is 4.87. The first-order valence-electron chi connectivity index (χ1n) is 9.35. The normalized spacial score (nSPS) is 11.3. The number of thiophene rings is 1. The number of carbonyl (C=O) groups is 1. The Balaban J connectivity index is 1.47. The standard InChI is InChI=1S/C21H21N5O2S/c1-10-13(4)29-21-18(10)20(28)25-17(26-21)7-8-22-19(27)14-5-6-15-16(9-14)24-12(3)11(2)23-15/h5-6,9H,7-8H2,1-4H3,(H,22,27)(H,25,26,28). The number of nitrogens with one attached hydrogen (secondary N) is 2. The summed E-state index contributed by atoms with van der Waals surface area (Å²) in [5, 5.41) is 3.53. The molecule has 29 heavy (non-hydrogen) atoms. The maximum absolute atomic E-state index is 12.5. The fourth-order valence-corrected chi connectivity index (χ4v) is 4.23. The van der Waals surface area contributed by atoms with Gasteiger partial charge in [0.1, 0.15) is 10.7 Å². The number of hydrogen-bond donors (Lipinski definition) is 2. The van der Waals surface area contributed by atoms with Crippen molar-refractivity contribution in [3.05, 3.63) is 61.8 Å². The Morgan fingerprint density at radius 1 is 1.07 bits per heavy atom. The van der Waals surface area contributed by atoms with Gasteiger partial charge in [0.05, 0.1) is 27.8 Å². The number of aromatic amines is 1. The molecule has 0 radical (unpaired) electrons. The molecule has 4 aromatic rings. The molecule has 0 fully saturated rings. The molecule has 7 nitrogen and oxygen atoms in total. The molecule has 0 spiro atoms. The first-order chi connectivity index (χ1) is 13.8. The van der Waals surface area contributed by atoms with Crippen LogP contribution in [0.5, 0.6) is 0 Å². The van der Waals surface area contributed by atoms with E-state index in [2.05, 4.69) is 25.3 Å². The van der Waals surface area contributed by atoms with Crippen molar-refractivity contribution in [2.24, 2.45) is 0 Å². The van der Waals surface area contributed by atoms with Crippen molar-refractivity contribution < 1.29 is 4.79 Å². The molecule has 0 atom stereocenters. The van der Waals surface area contributed by atoms with E-state index in [9.17, 15) is 9.59 Å². The second-order valence-corrected chi connectivity index (χ2v) is 8.28. The van der Waals surface area contributed by atoms with Gasteiger partial charge in [-0.1, -0.05) is 0 Å². The van der Waals surface area contributed by atoms with Crippen molar-refractivity contribution in [2.45, 2.75) is 34.1 Å². The summed E-state index contributed by atoms with van der Waals surface area (Å²) in [6, 6.07) is 5.29. The molecule has 4 rings (SSSR count). The summed E-state index contributed by atoms with van der Waals surface area (Å²) in [6.45, 7) is 8.10. The van der Waals surface area contributed by atoms with Crippen molar-refractivity contribution in [1.29, 1.82) is 0 Å². The molecule has 148 valence electrons. The number of hydrogen-bond acceptors (Lipinski definition) is 6. The Hall–Kier alpha value is -3.13. The molecule has 1 aromatic carbocycles. The van der Waals surface area contributed by atoms with Crippen LogP contribution in [0.15, 0.2) is 23.0 Å². The van der Waals surface area contributed by atoms with Crippen LogP contribution in [0, 0.1) is 27.7 Å². The number of aromatic nitrogens is 4. The first kappa shape index (κ1) is 19.2. The minimum absolute atomic E-state index is 0.128. The zero-order valence-electron chi connectivity index (χ0n) is 16.7. The third-order valence-electron chi connectivity index (χ3n) is 5.07. The Bertz CT molecular complexity index is 1320. The number of fused-ring (bicyclic) bond motifs is 2. The van der Waals surface area contributed by atoms with Crippen LogP contribution >= 0.6 is 11.3 Å². The smallest absolute Gasteiger partial charge is 0.259 e. The van der Waals surface area contributed by atoms with E-state index in [0.29, 0.717) is 35.3 Å². The minimum atomic E-state index is -0.196. The number of carbonyl (C=O) groups excluding carboxylic acids is 1. The predicted octanol–water partition coefficient (Wildman–Crippen LogP) is 3.13. The second kappa shape index (κ2) is 7.36. The third-order valence-corrected chi connectivity index (χ3v) is 6.17. The maximum Gasteiger partial charge on any atom is 0.259 e. The van der Waals surface area contributed by atoms with E-state index in [0.717, 1.165) is 32.2 Å². The third kappa shape index (κ3) is 3.63. The largest absolute Gasteiger partial charge is 0.352 e. The lowest BCUT2D eigenvalue weighted by atomic mass is 10.1. The summed E-state index contributed by atoms with van der Waals surface area (Å²) in [4.78, 5) is 43.0. The molecule has 1 amide bonds. The highest BCUT2D eigenvalue weighted by molar-refractivity contribution is 7.18. The molecule has 3 heterocycles. The van der Waals surface area contributed by atoms with E-state index < -0.39 is 0 Å². The van der Waals surface area contributed by atoms with E-state index in [4.69, 9.17) is 0 Å². The molecule has 0 saturated carbocycles. The maximum atomic E-state index is 12.5. The highest BCUT2D eigenvalue weighted by Gasteiger charge is 2.13. The Morgan fingerprint density at radius 3 is 2.55 bits per heavy atom. The van der Waals surface area contributed by atoms with Crippen LogP contribution in [-0.2, 0) is 6.42 Å². The topological polar surface area (TPSA) is 101 Å². The molecule has 3 aromatic heterocycles. The van der Waals surface area contributed by atoms with Crippen molar-refractivity contribution in [2.75, 3.05) is 6.54 Å². The van der Waals surface area contributed by atoms with Gasteiger partial charge >= 0.3 is 0 Å². The lowest BCUT2D eigenvalue weighted by Gasteiger charge is -2.07. The number of nitrogens with zero attached hydrogens (tertiary/aromatic N) is 3. The van der Waals surface area contributed by atoms with E-state index in [1.54, 1.807) is 18.2 Å². The van der Waals surface area contributed by atoms with Gasteiger partial charge in [0.15, 0.2) is 0 Å². The molecular weight excluding hydrogens is 386 g/mol. The molecule has 0 saturated heterocycles. The van der Waals surface area contributed by atoms with Gasteiger partial charge in [-0.3, -0.25) is 9.59 Å². The summed E-state index contributed by atoms with van der Waals surface area (Å²) >= 11 is 1.52. The summed E-state index contributed by atoms with van der Waals surface area (Å²) in [7, 11) is 0. The van der Waals surface area contributed by atoms with Gasteiger partial charge < -0.3 is 10.3 Å². The van der Waals surface area contributed by atoms with Crippen molar-refractivity contribution in [1.82, 2.24) is 25.3 Å². The van der Waals surface area contributed by atoms with E-state index in [1.807, 2.05) is 27.7 Å². The zero-order chi connectivity index (χ0) is 20.7. The lowest BCUT2D eigenvalue weighted by molar-refractivity contribution is 0.0954. The number of benzene rings is 1. The van der Waals surface area contributed by atoms with Gasteiger partial charge in [-0.15, -0.1) is 11.3 Å². The van der Waals surface area contributed by atoms with Gasteiger partial charge in [0, 0.05) is 23.4 Å². The van der Waals surface area contributed by atoms with Gasteiger partial charge in [-0.25, -0.2) is 15.0 Å². The number of aryl methyl sites for hydroxylation is 4. The molecule has 0 aliphatic carbocycles. The summed E-state index contributed by atoms with van der Waals surface area (Å²) < 4.78 is 0. The number of rotatable bonds is 4. The first-order valence-corrected chi connectivity index (χ1v) is 10.2. The van der Waals surface area contributed by atoms with Crippen LogP contribution in [-0.4, -0.2) is 32.4 Å². The summed E-state index contributed by atoms with van der Waals surface area (Å²) in [5.74, 6) is 0.373. The van der Waals surface area contributed by atoms with Crippen molar-refractivity contribution in [3.63, 3.8) is 0 Å². The Labute approximate surface area is 171 Å². The fourth-order valence-electron chi connectivity index (χ4n) is 3.19. The van der Waals surface area contributed by atoms with E-state index in [-0.39, 0.29) is 11.5 Å². The predicted molar refractivity (Wildman–Crippen MR) is 115 cm³/mol. The highest BCUT2D eigenvalue weighted by Crippen LogP contribution is 2.25. The van der Waals surface area contributed by atoms with Crippen LogP contribution in [0.4, 0.5) is 0 Å². The van der Waals surface area contributed by atoms with Crippen LogP contribution in [0.3, 0.4) is 0 Å². The summed E-state index contributed by atoms with van der Waals surface area (Å²) in [6.07, 6.45) is 0.443. The Morgan fingerprint density at radius 2 is 1.79 bits per heavy atom. The van der Waals surface area contributed by atoms with Crippen molar-refractivity contribution >= 4 is 38.5 Å². The van der Waals surface area contributed by atoms with Crippen molar-refractivity contribution in [3.8, 4) is 0 Å². The molecule has 0 bridgehead atoms. The zero-order valence-corrected chi connectivity index (χ0v) is 17.5. The number of H-pyrrole nitrogens is 1. The minimum Gasteiger partial charge on any atom is -0.352 e. The molecule has 0 aliphatic rings. The SMILES string of the molecule is Cc1nc2ccc(C(=O)NCCc3nc4sc(C)c(C)c4c(=O)[nH]3)cc2nc1C. The van der Waals surface area contributed by atoms with Gasteiger partial charge in [0.2, 0.25) is 0 Å². The molecular formula is C21H21N5O2S. The van der Waals surface area contributed by atoms with Crippen LogP contribution in [0.1, 0.15) is 38.0 Å². The van der Waals surface area contributed by atoms with Crippen LogP contribution < -0.4 is 10.9 Å². The van der Waals surface area contributed by atoms with Gasteiger partial charge in [-0.2, -0.15) is 0 Å². The van der Waals surface area contributed by atoms with E-state index >= 15 is 0 Å². The highest BCUT2D eigenvalue weighted by atomic mass is 32.1. The quantitative estimate of drug-likeness (QED) is 0.541. The molecule has 2 N–H and O–H groups in total. The molecule has 0 unspecified atom stereocenters. The monoisotopic (exact) mass is 407 g/mol. The van der Waals surface area contributed by atoms with Crippen LogP contribution in [0.25, 0.3) is 21.3 Å². The van der Waals surface area contributed by atoms with Crippen LogP contribution in [0.2, 0.25) is 0 Å². The van der Waals surface area contributed by atoms with E-state index in [1.165, 1.54) is 11.3 Å². The second-order valence-electron chi connectivity index (χ2n) is 7.08. The lowest BCUT2D eigenvalue weighted by Crippen LogP contribution is -2.26. The van der Waals surface area contributed by atoms with Gasteiger partial charge in [0.25, 0.3) is 11.5 Å². The van der Waals surface area contributed by atoms with Gasteiger partial charge in [-0.05, 0) is 51.5 Å². The molecule has 8 heteroatoms. The average Bonchev–Trinajstić information content (AvgIpc) is 2.96. The fraction of sp³-hybridized carbons (Fsp3) is 0.286.